The lowest BCUT2D eigenvalue weighted by atomic mass is 10.1. The second-order valence-electron chi connectivity index (χ2n) is 3.36. The average molecular weight is 278 g/mol. The summed E-state index contributed by atoms with van der Waals surface area (Å²) in [7, 11) is 0. The first-order valence-corrected chi connectivity index (χ1v) is 6.19. The van der Waals surface area contributed by atoms with Gasteiger partial charge in [0.05, 0.1) is 6.61 Å². The maximum absolute atomic E-state index is 9.66. The van der Waals surface area contributed by atoms with Gasteiger partial charge in [-0.3, -0.25) is 0 Å². The Hall–Kier alpha value is -1.000. The van der Waals surface area contributed by atoms with E-state index in [0.29, 0.717) is 24.8 Å². The van der Waals surface area contributed by atoms with E-state index in [1.807, 2.05) is 18.2 Å². The Balaban J connectivity index is 2.48. The van der Waals surface area contributed by atoms with Crippen LogP contribution in [-0.4, -0.2) is 13.2 Å². The number of hydrogen-bond acceptors (Lipinski definition) is 4. The molecule has 0 aliphatic rings. The van der Waals surface area contributed by atoms with Gasteiger partial charge in [0, 0.05) is 18.2 Å². The summed E-state index contributed by atoms with van der Waals surface area (Å²) in [6.45, 7) is 0.698. The Kier molecular flexibility index (Phi) is 6.74. The maximum atomic E-state index is 9.66. The van der Waals surface area contributed by atoms with Crippen molar-refractivity contribution in [3.63, 3.8) is 0 Å². The Morgan fingerprint density at radius 2 is 1.71 bits per heavy atom. The molecule has 17 heavy (non-hydrogen) atoms. The van der Waals surface area contributed by atoms with E-state index in [2.05, 4.69) is 10.2 Å². The summed E-state index contributed by atoms with van der Waals surface area (Å²) in [5.74, 6) is 1.55. The summed E-state index contributed by atoms with van der Waals surface area (Å²) < 4.78 is 5.50. The van der Waals surface area contributed by atoms with Crippen LogP contribution in [0.2, 0.25) is 0 Å². The molecule has 0 N–H and O–H groups in total. The van der Waals surface area contributed by atoms with Gasteiger partial charge in [-0.1, -0.05) is 6.07 Å². The third-order valence-corrected chi connectivity index (χ3v) is 2.65. The fourth-order valence-electron chi connectivity index (χ4n) is 1.32. The minimum Gasteiger partial charge on any atom is -0.493 e. The van der Waals surface area contributed by atoms with E-state index in [1.54, 1.807) is 0 Å². The van der Waals surface area contributed by atoms with Crippen LogP contribution in [-0.2, 0) is 16.6 Å². The van der Waals surface area contributed by atoms with Crippen LogP contribution in [0.15, 0.2) is 23.5 Å². The van der Waals surface area contributed by atoms with Crippen LogP contribution in [0.4, 0.5) is 0 Å². The van der Waals surface area contributed by atoms with E-state index in [0.717, 1.165) is 16.9 Å². The summed E-state index contributed by atoms with van der Waals surface area (Å²) in [5.41, 5.74) is 1.93. The predicted octanol–water partition coefficient (Wildman–Crippen LogP) is 3.63. The molecule has 0 aromatic heterocycles. The van der Waals surface area contributed by atoms with Crippen molar-refractivity contribution in [1.29, 1.82) is 0 Å². The Morgan fingerprint density at radius 3 is 2.24 bits per heavy atom. The van der Waals surface area contributed by atoms with Crippen molar-refractivity contribution in [1.82, 2.24) is 0 Å². The molecule has 0 bridgehead atoms. The summed E-state index contributed by atoms with van der Waals surface area (Å²) in [6.07, 6.45) is 0.590. The zero-order valence-electron chi connectivity index (χ0n) is 9.20. The van der Waals surface area contributed by atoms with Crippen molar-refractivity contribution in [2.45, 2.75) is 18.2 Å². The summed E-state index contributed by atoms with van der Waals surface area (Å²) in [4.78, 5) is 14.0. The fourth-order valence-corrected chi connectivity index (χ4v) is 1.63. The highest BCUT2D eigenvalue weighted by Gasteiger charge is 2.01. The molecule has 94 valence electrons. The van der Waals surface area contributed by atoms with Crippen molar-refractivity contribution in [2.24, 2.45) is 5.34 Å². The van der Waals surface area contributed by atoms with Gasteiger partial charge in [0.15, 0.2) is 5.34 Å². The van der Waals surface area contributed by atoms with Crippen LogP contribution >= 0.6 is 23.2 Å². The third kappa shape index (κ3) is 5.24. The molecule has 0 fully saturated rings. The molecule has 0 unspecified atom stereocenters. The quantitative estimate of drug-likeness (QED) is 0.316. The molecular formula is C11H13Cl2NO3. The molecule has 0 radical (unpaired) electrons. The molecule has 1 aromatic carbocycles. The van der Waals surface area contributed by atoms with Gasteiger partial charge in [0.1, 0.15) is 12.4 Å². The molecule has 4 nitrogen and oxygen atoms in total. The molecule has 0 aliphatic heterocycles. The van der Waals surface area contributed by atoms with Crippen LogP contribution in [0.1, 0.15) is 17.5 Å². The van der Waals surface area contributed by atoms with Crippen LogP contribution in [0.25, 0.3) is 0 Å². The van der Waals surface area contributed by atoms with E-state index in [1.165, 1.54) is 0 Å². The topological polar surface area (TPSA) is 47.9 Å². The molecule has 0 aliphatic carbocycles. The molecule has 0 saturated carbocycles. The first-order chi connectivity index (χ1) is 8.30. The lowest BCUT2D eigenvalue weighted by Crippen LogP contribution is -2.01. The highest BCUT2D eigenvalue weighted by molar-refractivity contribution is 6.17. The van der Waals surface area contributed by atoms with E-state index in [-0.39, 0.29) is 6.61 Å². The van der Waals surface area contributed by atoms with Crippen molar-refractivity contribution < 1.29 is 9.57 Å². The Labute approximate surface area is 110 Å². The minimum atomic E-state index is 0.251. The predicted molar refractivity (Wildman–Crippen MR) is 67.4 cm³/mol. The Bertz CT molecular complexity index is 338. The second-order valence-corrected chi connectivity index (χ2v) is 3.90. The highest BCUT2D eigenvalue weighted by Crippen LogP contribution is 2.20. The van der Waals surface area contributed by atoms with Crippen LogP contribution < -0.4 is 4.74 Å². The van der Waals surface area contributed by atoms with Crippen LogP contribution in [0.3, 0.4) is 0 Å². The van der Waals surface area contributed by atoms with Crippen molar-refractivity contribution in [2.75, 3.05) is 13.2 Å². The van der Waals surface area contributed by atoms with E-state index >= 15 is 0 Å². The van der Waals surface area contributed by atoms with Crippen molar-refractivity contribution >= 4 is 23.2 Å². The molecule has 0 spiro atoms. The second kappa shape index (κ2) is 8.14. The van der Waals surface area contributed by atoms with Crippen LogP contribution in [0, 0.1) is 4.91 Å². The molecular weight excluding hydrogens is 265 g/mol. The zero-order valence-corrected chi connectivity index (χ0v) is 10.7. The molecule has 0 amide bonds. The van der Waals surface area contributed by atoms with Crippen LogP contribution in [0.5, 0.6) is 5.75 Å². The number of benzene rings is 1. The highest BCUT2D eigenvalue weighted by atomic mass is 35.5. The van der Waals surface area contributed by atoms with Gasteiger partial charge in [-0.05, 0) is 23.3 Å². The van der Waals surface area contributed by atoms with Gasteiger partial charge in [-0.25, -0.2) is 0 Å². The summed E-state index contributed by atoms with van der Waals surface area (Å²) in [5, 5.41) is 2.29. The van der Waals surface area contributed by atoms with Gasteiger partial charge in [-0.2, -0.15) is 0 Å². The van der Waals surface area contributed by atoms with Gasteiger partial charge >= 0.3 is 0 Å². The summed E-state index contributed by atoms with van der Waals surface area (Å²) >= 11 is 11.5. The SMILES string of the molecule is O=NOCCCOc1cc(CCl)cc(CCl)c1. The first-order valence-electron chi connectivity index (χ1n) is 5.12. The number of rotatable bonds is 8. The van der Waals surface area contributed by atoms with E-state index in [4.69, 9.17) is 27.9 Å². The number of ether oxygens (including phenoxy) is 1. The van der Waals surface area contributed by atoms with E-state index < -0.39 is 0 Å². The molecule has 0 heterocycles. The fraction of sp³-hybridized carbons (Fsp3) is 0.455. The van der Waals surface area contributed by atoms with Gasteiger partial charge in [-0.15, -0.1) is 28.1 Å². The smallest absolute Gasteiger partial charge is 0.155 e. The molecule has 1 rings (SSSR count). The molecule has 1 aromatic rings. The normalized spacial score (nSPS) is 10.0. The monoisotopic (exact) mass is 277 g/mol. The number of alkyl halides is 2. The molecule has 0 atom stereocenters. The summed E-state index contributed by atoms with van der Waals surface area (Å²) in [6, 6.07) is 5.66. The van der Waals surface area contributed by atoms with Crippen molar-refractivity contribution in [3.8, 4) is 5.75 Å². The minimum absolute atomic E-state index is 0.251. The Morgan fingerprint density at radius 1 is 1.06 bits per heavy atom. The van der Waals surface area contributed by atoms with Crippen molar-refractivity contribution in [3.05, 3.63) is 34.2 Å². The largest absolute Gasteiger partial charge is 0.493 e. The third-order valence-electron chi connectivity index (χ3n) is 2.04. The lowest BCUT2D eigenvalue weighted by molar-refractivity contribution is 0.123. The first kappa shape index (κ1) is 14.1. The lowest BCUT2D eigenvalue weighted by Gasteiger charge is -2.08. The standard InChI is InChI=1S/C11H13Cl2NO3/c12-7-9-4-10(8-13)6-11(5-9)16-2-1-3-17-14-15/h4-6H,1-3,7-8H2. The number of nitrogens with zero attached hydrogens (tertiary/aromatic N) is 1. The van der Waals surface area contributed by atoms with E-state index in [9.17, 15) is 4.91 Å². The van der Waals surface area contributed by atoms with Gasteiger partial charge in [0.25, 0.3) is 0 Å². The average Bonchev–Trinajstić information content (AvgIpc) is 2.38. The number of hydrogen-bond donors (Lipinski definition) is 0. The molecule has 6 heteroatoms. The maximum Gasteiger partial charge on any atom is 0.155 e. The zero-order chi connectivity index (χ0) is 12.5. The van der Waals surface area contributed by atoms with Gasteiger partial charge in [0.2, 0.25) is 0 Å². The van der Waals surface area contributed by atoms with Gasteiger partial charge < -0.3 is 9.57 Å². The molecule has 0 saturated heterocycles. The number of halogens is 2.